The zero-order valence-corrected chi connectivity index (χ0v) is 21.2. The molecule has 2 aromatic rings. The number of amides is 1. The Balaban J connectivity index is 1.12. The van der Waals surface area contributed by atoms with E-state index < -0.39 is 12.5 Å². The van der Waals surface area contributed by atoms with Gasteiger partial charge in [0.1, 0.15) is 5.75 Å². The quantitative estimate of drug-likeness (QED) is 0.513. The number of rotatable bonds is 10. The third-order valence-corrected chi connectivity index (χ3v) is 7.63. The molecule has 10 heteroatoms. The van der Waals surface area contributed by atoms with Crippen LogP contribution in [0.2, 0.25) is 0 Å². The monoisotopic (exact) mass is 508 g/mol. The Hall–Kier alpha value is -2.33. The molecule has 0 radical (unpaired) electrons. The molecule has 0 atom stereocenters. The minimum absolute atomic E-state index is 0.00582. The Labute approximate surface area is 209 Å². The number of ether oxygens (including phenoxy) is 2. The largest absolute Gasteiger partial charge is 0.482 e. The van der Waals surface area contributed by atoms with Crippen LogP contribution in [0, 0.1) is 12.8 Å². The lowest BCUT2D eigenvalue weighted by molar-refractivity contribution is -0.124. The maximum absolute atomic E-state index is 13.0. The normalized spacial score (nSPS) is 20.8. The highest BCUT2D eigenvalue weighted by atomic mass is 32.1. The van der Waals surface area contributed by atoms with Gasteiger partial charge in [-0.2, -0.15) is 0 Å². The second kappa shape index (κ2) is 11.6. The summed E-state index contributed by atoms with van der Waals surface area (Å²) in [6, 6.07) is 3.88. The highest BCUT2D eigenvalue weighted by Crippen LogP contribution is 2.32. The zero-order chi connectivity index (χ0) is 24.8. The summed E-state index contributed by atoms with van der Waals surface area (Å²) in [4.78, 5) is 24.4. The summed E-state index contributed by atoms with van der Waals surface area (Å²) in [6.45, 7) is 4.83. The summed E-state index contributed by atoms with van der Waals surface area (Å²) >= 11 is 1.39. The van der Waals surface area contributed by atoms with E-state index in [1.807, 2.05) is 19.1 Å². The van der Waals surface area contributed by atoms with Gasteiger partial charge in [-0.1, -0.05) is 11.3 Å². The van der Waals surface area contributed by atoms with E-state index in [9.17, 15) is 13.6 Å². The third-order valence-electron chi connectivity index (χ3n) is 6.56. The van der Waals surface area contributed by atoms with E-state index in [4.69, 9.17) is 9.47 Å². The van der Waals surface area contributed by atoms with Crippen LogP contribution in [0.5, 0.6) is 10.9 Å². The number of hydrogen-bond donors (Lipinski definition) is 1. The van der Waals surface area contributed by atoms with Gasteiger partial charge < -0.3 is 14.8 Å². The lowest BCUT2D eigenvalue weighted by atomic mass is 9.84. The summed E-state index contributed by atoms with van der Waals surface area (Å²) in [5, 5.41) is 3.45. The van der Waals surface area contributed by atoms with Crippen LogP contribution in [0.1, 0.15) is 55.3 Å². The maximum Gasteiger partial charge on any atom is 0.278 e. The Bertz CT molecular complexity index is 972. The molecule has 1 N–H and O–H groups in total. The van der Waals surface area contributed by atoms with Gasteiger partial charge >= 0.3 is 0 Å². The van der Waals surface area contributed by atoms with E-state index in [1.165, 1.54) is 11.3 Å². The molecule has 0 spiro atoms. The maximum atomic E-state index is 13.0. The van der Waals surface area contributed by atoms with Gasteiger partial charge in [-0.25, -0.2) is 13.8 Å². The second-order valence-corrected chi connectivity index (χ2v) is 10.8. The van der Waals surface area contributed by atoms with Crippen LogP contribution in [0.4, 0.5) is 8.78 Å². The van der Waals surface area contributed by atoms with Crippen LogP contribution in [-0.2, 0) is 17.8 Å². The summed E-state index contributed by atoms with van der Waals surface area (Å²) in [6.07, 6.45) is 7.82. The van der Waals surface area contributed by atoms with Gasteiger partial charge in [0.15, 0.2) is 13.2 Å². The van der Waals surface area contributed by atoms with Gasteiger partial charge in [0.05, 0.1) is 11.9 Å². The minimum atomic E-state index is -2.85. The van der Waals surface area contributed by atoms with Gasteiger partial charge in [-0.15, -0.1) is 0 Å². The summed E-state index contributed by atoms with van der Waals surface area (Å²) < 4.78 is 36.8. The molecule has 1 saturated carbocycles. The number of aryl methyl sites for hydroxylation is 1. The first-order valence-electron chi connectivity index (χ1n) is 12.3. The molecule has 2 aliphatic rings. The number of alkyl halides is 2. The van der Waals surface area contributed by atoms with Gasteiger partial charge in [0.2, 0.25) is 0 Å². The number of aromatic nitrogens is 2. The minimum Gasteiger partial charge on any atom is -0.482 e. The molecule has 0 aromatic carbocycles. The van der Waals surface area contributed by atoms with Crippen molar-refractivity contribution < 1.29 is 23.0 Å². The predicted molar refractivity (Wildman–Crippen MR) is 130 cm³/mol. The van der Waals surface area contributed by atoms with Crippen LogP contribution < -0.4 is 14.8 Å². The number of nitrogens with zero attached hydrogens (tertiary/aromatic N) is 3. The van der Waals surface area contributed by atoms with Crippen molar-refractivity contribution in [1.82, 2.24) is 20.2 Å². The van der Waals surface area contributed by atoms with Crippen LogP contribution in [0.3, 0.4) is 0 Å². The molecule has 0 unspecified atom stereocenters. The molecule has 35 heavy (non-hydrogen) atoms. The molecule has 2 aromatic heterocycles. The topological polar surface area (TPSA) is 76.6 Å². The first-order valence-corrected chi connectivity index (χ1v) is 13.1. The van der Waals surface area contributed by atoms with Crippen molar-refractivity contribution in [1.29, 1.82) is 0 Å². The molecule has 1 amide bonds. The third kappa shape index (κ3) is 8.10. The Morgan fingerprint density at radius 2 is 2.06 bits per heavy atom. The summed E-state index contributed by atoms with van der Waals surface area (Å²) in [5.41, 5.74) is 1.87. The zero-order valence-electron chi connectivity index (χ0n) is 20.4. The molecule has 0 bridgehead atoms. The number of carbonyl (C=O) groups is 1. The summed E-state index contributed by atoms with van der Waals surface area (Å²) in [5.74, 6) is -1.69. The molecular formula is C25H34F2N4O3S. The van der Waals surface area contributed by atoms with Crippen molar-refractivity contribution in [2.75, 3.05) is 26.3 Å². The average Bonchev–Trinajstić information content (AvgIpc) is 3.24. The van der Waals surface area contributed by atoms with Gasteiger partial charge in [-0.3, -0.25) is 14.7 Å². The fourth-order valence-corrected chi connectivity index (χ4v) is 5.49. The number of carbonyl (C=O) groups excluding carboxylic acids is 1. The Kier molecular flexibility index (Phi) is 8.54. The number of fused-ring (bicyclic) bond motifs is 1. The van der Waals surface area contributed by atoms with Crippen molar-refractivity contribution in [3.8, 4) is 10.9 Å². The molecule has 1 fully saturated rings. The van der Waals surface area contributed by atoms with Crippen molar-refractivity contribution >= 4 is 17.2 Å². The van der Waals surface area contributed by atoms with E-state index in [0.29, 0.717) is 16.9 Å². The van der Waals surface area contributed by atoms with Crippen molar-refractivity contribution in [3.05, 3.63) is 34.6 Å². The molecular weight excluding hydrogens is 474 g/mol. The first-order chi connectivity index (χ1) is 16.7. The molecule has 7 nitrogen and oxygen atoms in total. The molecule has 0 saturated heterocycles. The standard InChI is InChI=1S/C25H34F2N4O3S/c1-17-3-8-20(13-28-17)33-15-23(32)29-19-6-4-18(5-7-19)9-11-31-12-10-22-21(14-31)30-24(35-22)34-16-25(2,26)27/h3,8,13,18-19H,4-7,9-12,14-16H2,1-2H3,(H,29,32). The molecule has 1 aliphatic heterocycles. The van der Waals surface area contributed by atoms with Crippen LogP contribution in [0.15, 0.2) is 18.3 Å². The van der Waals surface area contributed by atoms with Crippen molar-refractivity contribution in [2.45, 2.75) is 70.9 Å². The number of halogens is 2. The second-order valence-electron chi connectivity index (χ2n) is 9.73. The van der Waals surface area contributed by atoms with E-state index in [0.717, 1.165) is 81.3 Å². The number of pyridine rings is 1. The number of nitrogens with one attached hydrogen (secondary N) is 1. The Morgan fingerprint density at radius 1 is 1.26 bits per heavy atom. The SMILES string of the molecule is Cc1ccc(OCC(=O)NC2CCC(CCN3CCc4sc(OCC(C)(F)F)nc4C3)CC2)cn1. The lowest BCUT2D eigenvalue weighted by Crippen LogP contribution is -2.40. The molecule has 1 aliphatic carbocycles. The van der Waals surface area contributed by atoms with Crippen LogP contribution in [0.25, 0.3) is 0 Å². The summed E-state index contributed by atoms with van der Waals surface area (Å²) in [7, 11) is 0. The van der Waals surface area contributed by atoms with E-state index in [-0.39, 0.29) is 18.6 Å². The fraction of sp³-hybridized carbons (Fsp3) is 0.640. The average molecular weight is 509 g/mol. The number of thiazole rings is 1. The highest BCUT2D eigenvalue weighted by molar-refractivity contribution is 7.13. The Morgan fingerprint density at radius 3 is 2.77 bits per heavy atom. The smallest absolute Gasteiger partial charge is 0.278 e. The molecule has 3 heterocycles. The van der Waals surface area contributed by atoms with Crippen molar-refractivity contribution in [3.63, 3.8) is 0 Å². The lowest BCUT2D eigenvalue weighted by Gasteiger charge is -2.32. The molecule has 4 rings (SSSR count). The van der Waals surface area contributed by atoms with Crippen LogP contribution in [-0.4, -0.2) is 59.0 Å². The van der Waals surface area contributed by atoms with E-state index in [1.54, 1.807) is 6.20 Å². The number of hydrogen-bond acceptors (Lipinski definition) is 7. The predicted octanol–water partition coefficient (Wildman–Crippen LogP) is 4.38. The van der Waals surface area contributed by atoms with E-state index >= 15 is 0 Å². The highest BCUT2D eigenvalue weighted by Gasteiger charge is 2.27. The first kappa shape index (κ1) is 25.8. The van der Waals surface area contributed by atoms with Crippen molar-refractivity contribution in [2.24, 2.45) is 5.92 Å². The fourth-order valence-electron chi connectivity index (χ4n) is 4.59. The molecule has 192 valence electrons. The van der Waals surface area contributed by atoms with Gasteiger partial charge in [0, 0.05) is 36.6 Å². The van der Waals surface area contributed by atoms with E-state index in [2.05, 4.69) is 20.2 Å². The van der Waals surface area contributed by atoms with Gasteiger partial charge in [-0.05, 0) is 70.0 Å². The van der Waals surface area contributed by atoms with Gasteiger partial charge in [0.25, 0.3) is 17.0 Å². The van der Waals surface area contributed by atoms with Crippen LogP contribution >= 0.6 is 11.3 Å².